The van der Waals surface area contributed by atoms with E-state index in [1.54, 1.807) is 12.1 Å². The number of carbonyl (C=O) groups is 1. The number of aryl methyl sites for hydroxylation is 1. The number of hydrogen-bond acceptors (Lipinski definition) is 3. The van der Waals surface area contributed by atoms with Crippen molar-refractivity contribution in [2.75, 3.05) is 5.32 Å². The van der Waals surface area contributed by atoms with Gasteiger partial charge in [0.2, 0.25) is 5.91 Å². The van der Waals surface area contributed by atoms with Gasteiger partial charge in [-0.25, -0.2) is 4.79 Å². The minimum atomic E-state index is -0.275. The van der Waals surface area contributed by atoms with Crippen LogP contribution in [0.3, 0.4) is 0 Å². The van der Waals surface area contributed by atoms with E-state index < -0.39 is 0 Å². The summed E-state index contributed by atoms with van der Waals surface area (Å²) in [5.74, 6) is -0.216. The molecule has 0 fully saturated rings. The Kier molecular flexibility index (Phi) is 3.26. The molecular formula is C15H14ClNO3. The first-order chi connectivity index (χ1) is 9.56. The predicted octanol–water partition coefficient (Wildman–Crippen LogP) is 3.28. The van der Waals surface area contributed by atoms with Crippen LogP contribution in [-0.4, -0.2) is 5.91 Å². The van der Waals surface area contributed by atoms with Crippen LogP contribution in [0.15, 0.2) is 21.3 Å². The van der Waals surface area contributed by atoms with Gasteiger partial charge in [-0.15, -0.1) is 0 Å². The highest BCUT2D eigenvalue weighted by Gasteiger charge is 2.19. The fourth-order valence-electron chi connectivity index (χ4n) is 2.75. The Morgan fingerprint density at radius 2 is 1.95 bits per heavy atom. The number of fused-ring (bicyclic) bond motifs is 3. The van der Waals surface area contributed by atoms with Crippen molar-refractivity contribution in [2.24, 2.45) is 0 Å². The Morgan fingerprint density at radius 1 is 1.25 bits per heavy atom. The predicted molar refractivity (Wildman–Crippen MR) is 78.4 cm³/mol. The van der Waals surface area contributed by atoms with Crippen molar-refractivity contribution in [1.82, 2.24) is 0 Å². The molecule has 0 saturated heterocycles. The maximum Gasteiger partial charge on any atom is 0.339 e. The van der Waals surface area contributed by atoms with Gasteiger partial charge >= 0.3 is 5.63 Å². The fraction of sp³-hybridized carbons (Fsp3) is 0.333. The molecule has 1 heterocycles. The summed E-state index contributed by atoms with van der Waals surface area (Å²) in [6.07, 6.45) is 3.71. The van der Waals surface area contributed by atoms with Crippen molar-refractivity contribution in [2.45, 2.75) is 32.6 Å². The van der Waals surface area contributed by atoms with Gasteiger partial charge in [0.25, 0.3) is 0 Å². The first kappa shape index (κ1) is 13.2. The van der Waals surface area contributed by atoms with Gasteiger partial charge < -0.3 is 9.73 Å². The number of nitrogens with one attached hydrogen (secondary N) is 1. The minimum absolute atomic E-state index is 0.216. The van der Waals surface area contributed by atoms with Gasteiger partial charge in [-0.3, -0.25) is 4.79 Å². The van der Waals surface area contributed by atoms with Crippen LogP contribution in [0.2, 0.25) is 5.02 Å². The molecule has 0 saturated carbocycles. The van der Waals surface area contributed by atoms with Crippen LogP contribution in [0.4, 0.5) is 5.69 Å². The average molecular weight is 292 g/mol. The van der Waals surface area contributed by atoms with Crippen LogP contribution < -0.4 is 10.9 Å². The SMILES string of the molecule is CC(=O)Nc1cc2oc(=O)c3c(c2cc1Cl)CCCC3. The number of rotatable bonds is 1. The van der Waals surface area contributed by atoms with Crippen molar-refractivity contribution in [3.05, 3.63) is 38.7 Å². The molecule has 2 aromatic rings. The van der Waals surface area contributed by atoms with E-state index in [9.17, 15) is 9.59 Å². The standard InChI is InChI=1S/C15H14ClNO3/c1-8(18)17-13-7-14-11(6-12(13)16)9-4-2-3-5-10(9)15(19)20-14/h6-7H,2-5H2,1H3,(H,17,18). The molecule has 3 rings (SSSR count). The van der Waals surface area contributed by atoms with Crippen LogP contribution >= 0.6 is 11.6 Å². The number of hydrogen-bond donors (Lipinski definition) is 1. The lowest BCUT2D eigenvalue weighted by molar-refractivity contribution is -0.114. The molecule has 0 bridgehead atoms. The van der Waals surface area contributed by atoms with Crippen LogP contribution in [0, 0.1) is 0 Å². The largest absolute Gasteiger partial charge is 0.422 e. The van der Waals surface area contributed by atoms with E-state index in [1.165, 1.54) is 6.92 Å². The second-order valence-electron chi connectivity index (χ2n) is 5.06. The molecule has 0 radical (unpaired) electrons. The topological polar surface area (TPSA) is 59.3 Å². The van der Waals surface area contributed by atoms with Gasteiger partial charge in [-0.05, 0) is 37.3 Å². The lowest BCUT2D eigenvalue weighted by Gasteiger charge is -2.17. The van der Waals surface area contributed by atoms with Crippen LogP contribution in [0.5, 0.6) is 0 Å². The Labute approximate surface area is 120 Å². The van der Waals surface area contributed by atoms with Crippen molar-refractivity contribution >= 4 is 34.2 Å². The molecule has 1 aliphatic rings. The molecule has 1 amide bonds. The summed E-state index contributed by atoms with van der Waals surface area (Å²) in [6.45, 7) is 1.41. The number of halogens is 1. The van der Waals surface area contributed by atoms with Crippen LogP contribution in [-0.2, 0) is 17.6 Å². The summed E-state index contributed by atoms with van der Waals surface area (Å²) < 4.78 is 5.37. The van der Waals surface area contributed by atoms with E-state index in [0.29, 0.717) is 16.3 Å². The van der Waals surface area contributed by atoms with Crippen molar-refractivity contribution < 1.29 is 9.21 Å². The molecule has 4 nitrogen and oxygen atoms in total. The van der Waals surface area contributed by atoms with E-state index in [-0.39, 0.29) is 11.5 Å². The van der Waals surface area contributed by atoms with E-state index in [2.05, 4.69) is 5.32 Å². The number of benzene rings is 1. The maximum absolute atomic E-state index is 12.0. The number of anilines is 1. The summed E-state index contributed by atoms with van der Waals surface area (Å²) in [4.78, 5) is 23.1. The molecule has 1 aliphatic carbocycles. The minimum Gasteiger partial charge on any atom is -0.422 e. The van der Waals surface area contributed by atoms with E-state index in [1.807, 2.05) is 0 Å². The summed E-state index contributed by atoms with van der Waals surface area (Å²) in [6, 6.07) is 3.39. The first-order valence-corrected chi connectivity index (χ1v) is 7.00. The zero-order chi connectivity index (χ0) is 14.3. The van der Waals surface area contributed by atoms with Gasteiger partial charge in [0.05, 0.1) is 10.7 Å². The van der Waals surface area contributed by atoms with Gasteiger partial charge in [0, 0.05) is 23.9 Å². The van der Waals surface area contributed by atoms with Crippen LogP contribution in [0.1, 0.15) is 30.9 Å². The zero-order valence-electron chi connectivity index (χ0n) is 11.1. The Balaban J connectivity index is 2.26. The summed E-state index contributed by atoms with van der Waals surface area (Å²) in [5.41, 5.74) is 2.48. The van der Waals surface area contributed by atoms with E-state index in [4.69, 9.17) is 16.0 Å². The average Bonchev–Trinajstić information content (AvgIpc) is 2.41. The molecule has 20 heavy (non-hydrogen) atoms. The quantitative estimate of drug-likeness (QED) is 0.820. The number of carbonyl (C=O) groups excluding carboxylic acids is 1. The molecule has 1 aromatic heterocycles. The highest BCUT2D eigenvalue weighted by Crippen LogP contribution is 2.32. The second-order valence-corrected chi connectivity index (χ2v) is 5.47. The second kappa shape index (κ2) is 4.94. The molecular weight excluding hydrogens is 278 g/mol. The summed E-state index contributed by atoms with van der Waals surface area (Å²) >= 11 is 6.20. The monoisotopic (exact) mass is 291 g/mol. The fourth-order valence-corrected chi connectivity index (χ4v) is 2.96. The molecule has 1 aromatic carbocycles. The Bertz CT molecular complexity index is 764. The molecule has 1 N–H and O–H groups in total. The van der Waals surface area contributed by atoms with Crippen LogP contribution in [0.25, 0.3) is 11.0 Å². The highest BCUT2D eigenvalue weighted by molar-refractivity contribution is 6.34. The molecule has 104 valence electrons. The van der Waals surface area contributed by atoms with Crippen molar-refractivity contribution in [1.29, 1.82) is 0 Å². The highest BCUT2D eigenvalue weighted by atomic mass is 35.5. The normalized spacial score (nSPS) is 14.1. The maximum atomic E-state index is 12.0. The van der Waals surface area contributed by atoms with Gasteiger partial charge in [0.1, 0.15) is 5.58 Å². The lowest BCUT2D eigenvalue weighted by Crippen LogP contribution is -2.16. The third-order valence-corrected chi connectivity index (χ3v) is 3.93. The smallest absolute Gasteiger partial charge is 0.339 e. The number of amides is 1. The first-order valence-electron chi connectivity index (χ1n) is 6.62. The molecule has 0 atom stereocenters. The molecule has 5 heteroatoms. The van der Waals surface area contributed by atoms with E-state index in [0.717, 1.165) is 42.2 Å². The van der Waals surface area contributed by atoms with Gasteiger partial charge in [0.15, 0.2) is 0 Å². The third-order valence-electron chi connectivity index (χ3n) is 3.62. The van der Waals surface area contributed by atoms with Gasteiger partial charge in [-0.1, -0.05) is 11.6 Å². The lowest BCUT2D eigenvalue weighted by atomic mass is 9.90. The third kappa shape index (κ3) is 2.20. The van der Waals surface area contributed by atoms with Gasteiger partial charge in [-0.2, -0.15) is 0 Å². The summed E-state index contributed by atoms with van der Waals surface area (Å²) in [5, 5.41) is 3.96. The molecule has 0 aliphatic heterocycles. The Hall–Kier alpha value is -1.81. The van der Waals surface area contributed by atoms with Crippen molar-refractivity contribution in [3.8, 4) is 0 Å². The summed E-state index contributed by atoms with van der Waals surface area (Å²) in [7, 11) is 0. The molecule has 0 unspecified atom stereocenters. The molecule has 0 spiro atoms. The van der Waals surface area contributed by atoms with Crippen molar-refractivity contribution in [3.63, 3.8) is 0 Å². The van der Waals surface area contributed by atoms with E-state index >= 15 is 0 Å². The zero-order valence-corrected chi connectivity index (χ0v) is 11.8. The Morgan fingerprint density at radius 3 is 2.65 bits per heavy atom.